The second-order valence-electron chi connectivity index (χ2n) is 3.75. The minimum atomic E-state index is -1.65. The van der Waals surface area contributed by atoms with Crippen LogP contribution in [-0.2, 0) is 4.74 Å². The molecule has 1 unspecified atom stereocenters. The van der Waals surface area contributed by atoms with Gasteiger partial charge in [-0.3, -0.25) is 0 Å². The van der Waals surface area contributed by atoms with Gasteiger partial charge in [0, 0.05) is 0 Å². The Hall–Kier alpha value is -0.640. The van der Waals surface area contributed by atoms with Gasteiger partial charge in [-0.25, -0.2) is 4.79 Å². The summed E-state index contributed by atoms with van der Waals surface area (Å²) in [6, 6.07) is 6.60. The maximum absolute atomic E-state index is 11.4. The lowest BCUT2D eigenvalue weighted by Crippen LogP contribution is -2.36. The highest BCUT2D eigenvalue weighted by molar-refractivity contribution is 6.68. The maximum atomic E-state index is 11.4. The van der Waals surface area contributed by atoms with Crippen LogP contribution >= 0.6 is 34.8 Å². The van der Waals surface area contributed by atoms with Crippen LogP contribution in [-0.4, -0.2) is 16.5 Å². The number of hydrogen-bond donors (Lipinski definition) is 1. The molecule has 0 bridgehead atoms. The van der Waals surface area contributed by atoms with Gasteiger partial charge in [0.05, 0.1) is 6.61 Å². The number of aryl methyl sites for hydroxylation is 1. The van der Waals surface area contributed by atoms with Gasteiger partial charge in [0.2, 0.25) is 3.79 Å². The van der Waals surface area contributed by atoms with E-state index in [0.29, 0.717) is 5.56 Å². The number of alkyl halides is 3. The number of benzene rings is 1. The highest BCUT2D eigenvalue weighted by atomic mass is 35.6. The number of ether oxygens (including phenoxy) is 1. The standard InChI is InChI=1S/C12H14Cl3NO2/c1-3-18-11(17)16-10(12(13,14)15)9-6-4-8(2)5-7-9/h4-7,10H,3H2,1-2H3,(H,16,17). The highest BCUT2D eigenvalue weighted by Gasteiger charge is 2.35. The maximum Gasteiger partial charge on any atom is 0.407 e. The van der Waals surface area contributed by atoms with Gasteiger partial charge in [0.15, 0.2) is 0 Å². The minimum absolute atomic E-state index is 0.256. The summed E-state index contributed by atoms with van der Waals surface area (Å²) >= 11 is 17.6. The van der Waals surface area contributed by atoms with E-state index >= 15 is 0 Å². The molecule has 1 aromatic rings. The molecule has 1 aromatic carbocycles. The van der Waals surface area contributed by atoms with Crippen molar-refractivity contribution in [2.24, 2.45) is 0 Å². The summed E-state index contributed by atoms with van der Waals surface area (Å²) in [5.74, 6) is 0. The van der Waals surface area contributed by atoms with Crippen molar-refractivity contribution < 1.29 is 9.53 Å². The molecule has 0 saturated carbocycles. The molecule has 3 nitrogen and oxygen atoms in total. The van der Waals surface area contributed by atoms with Crippen molar-refractivity contribution in [3.63, 3.8) is 0 Å². The van der Waals surface area contributed by atoms with Crippen molar-refractivity contribution in [3.8, 4) is 0 Å². The number of halogens is 3. The Labute approximate surface area is 121 Å². The van der Waals surface area contributed by atoms with Gasteiger partial charge >= 0.3 is 6.09 Å². The van der Waals surface area contributed by atoms with Gasteiger partial charge in [-0.2, -0.15) is 0 Å². The topological polar surface area (TPSA) is 38.3 Å². The van der Waals surface area contributed by atoms with Crippen LogP contribution in [0.1, 0.15) is 24.1 Å². The van der Waals surface area contributed by atoms with Crippen LogP contribution < -0.4 is 5.32 Å². The van der Waals surface area contributed by atoms with Crippen LogP contribution in [0.3, 0.4) is 0 Å². The van der Waals surface area contributed by atoms with E-state index in [-0.39, 0.29) is 6.61 Å². The first kappa shape index (κ1) is 15.4. The Morgan fingerprint density at radius 2 is 1.89 bits per heavy atom. The van der Waals surface area contributed by atoms with E-state index in [4.69, 9.17) is 39.5 Å². The Morgan fingerprint density at radius 3 is 2.33 bits per heavy atom. The monoisotopic (exact) mass is 309 g/mol. The van der Waals surface area contributed by atoms with Crippen molar-refractivity contribution in [2.45, 2.75) is 23.7 Å². The van der Waals surface area contributed by atoms with Crippen LogP contribution in [0, 0.1) is 6.92 Å². The van der Waals surface area contributed by atoms with E-state index in [2.05, 4.69) is 5.32 Å². The van der Waals surface area contributed by atoms with E-state index in [9.17, 15) is 4.79 Å². The third-order valence-corrected chi connectivity index (χ3v) is 2.93. The van der Waals surface area contributed by atoms with E-state index in [1.807, 2.05) is 19.1 Å². The SMILES string of the molecule is CCOC(=O)NC(c1ccc(C)cc1)C(Cl)(Cl)Cl. The molecule has 0 spiro atoms. The van der Waals surface area contributed by atoms with Crippen molar-refractivity contribution in [2.75, 3.05) is 6.61 Å². The first-order valence-electron chi connectivity index (χ1n) is 5.41. The molecule has 1 atom stereocenters. The first-order chi connectivity index (χ1) is 8.34. The summed E-state index contributed by atoms with van der Waals surface area (Å²) in [5, 5.41) is 2.54. The zero-order chi connectivity index (χ0) is 13.8. The normalized spacial score (nSPS) is 12.9. The summed E-state index contributed by atoms with van der Waals surface area (Å²) in [7, 11) is 0. The average molecular weight is 311 g/mol. The lowest BCUT2D eigenvalue weighted by Gasteiger charge is -2.25. The third kappa shape index (κ3) is 4.56. The molecule has 1 N–H and O–H groups in total. The molecule has 0 aliphatic rings. The molecular weight excluding hydrogens is 296 g/mol. The smallest absolute Gasteiger partial charge is 0.407 e. The molecule has 1 rings (SSSR count). The summed E-state index contributed by atoms with van der Waals surface area (Å²) in [6.45, 7) is 3.91. The quantitative estimate of drug-likeness (QED) is 0.852. The number of amides is 1. The number of hydrogen-bond acceptors (Lipinski definition) is 2. The molecule has 0 fully saturated rings. The molecular formula is C12H14Cl3NO2. The molecule has 0 saturated heterocycles. The second-order valence-corrected chi connectivity index (χ2v) is 6.12. The van der Waals surface area contributed by atoms with Crippen molar-refractivity contribution in [1.29, 1.82) is 0 Å². The highest BCUT2D eigenvalue weighted by Crippen LogP contribution is 2.39. The lowest BCUT2D eigenvalue weighted by molar-refractivity contribution is 0.148. The molecule has 0 aliphatic carbocycles. The van der Waals surface area contributed by atoms with Crippen molar-refractivity contribution in [3.05, 3.63) is 35.4 Å². The molecule has 1 amide bonds. The van der Waals surface area contributed by atoms with Crippen LogP contribution in [0.15, 0.2) is 24.3 Å². The third-order valence-electron chi connectivity index (χ3n) is 2.28. The van der Waals surface area contributed by atoms with E-state index in [1.165, 1.54) is 0 Å². The average Bonchev–Trinajstić information content (AvgIpc) is 2.26. The van der Waals surface area contributed by atoms with Gasteiger partial charge in [-0.15, -0.1) is 0 Å². The van der Waals surface area contributed by atoms with E-state index < -0.39 is 15.9 Å². The molecule has 0 radical (unpaired) electrons. The fourth-order valence-electron chi connectivity index (χ4n) is 1.40. The van der Waals surface area contributed by atoms with Gasteiger partial charge in [-0.05, 0) is 19.4 Å². The van der Waals surface area contributed by atoms with Crippen LogP contribution in [0.2, 0.25) is 0 Å². The summed E-state index contributed by atoms with van der Waals surface area (Å²) in [6.07, 6.45) is -0.616. The van der Waals surface area contributed by atoms with E-state index in [0.717, 1.165) is 5.56 Å². The number of nitrogens with one attached hydrogen (secondary N) is 1. The molecule has 0 aromatic heterocycles. The molecule has 100 valence electrons. The Kier molecular flexibility index (Phi) is 5.57. The Balaban J connectivity index is 2.92. The Bertz CT molecular complexity index is 401. The zero-order valence-electron chi connectivity index (χ0n) is 10.0. The lowest BCUT2D eigenvalue weighted by atomic mass is 10.1. The van der Waals surface area contributed by atoms with Gasteiger partial charge in [0.25, 0.3) is 0 Å². The number of alkyl carbamates (subject to hydrolysis) is 1. The van der Waals surface area contributed by atoms with Crippen molar-refractivity contribution >= 4 is 40.9 Å². The summed E-state index contributed by atoms with van der Waals surface area (Å²) in [5.41, 5.74) is 1.78. The van der Waals surface area contributed by atoms with Crippen LogP contribution in [0.5, 0.6) is 0 Å². The van der Waals surface area contributed by atoms with Gasteiger partial charge in [-0.1, -0.05) is 64.6 Å². The predicted octanol–water partition coefficient (Wildman–Crippen LogP) is 4.15. The van der Waals surface area contributed by atoms with E-state index in [1.54, 1.807) is 19.1 Å². The number of rotatable bonds is 3. The van der Waals surface area contributed by atoms with Crippen molar-refractivity contribution in [1.82, 2.24) is 5.32 Å². The summed E-state index contributed by atoms with van der Waals surface area (Å²) < 4.78 is 3.14. The molecule has 18 heavy (non-hydrogen) atoms. The fraction of sp³-hybridized carbons (Fsp3) is 0.417. The largest absolute Gasteiger partial charge is 0.450 e. The minimum Gasteiger partial charge on any atom is -0.450 e. The molecule has 0 heterocycles. The van der Waals surface area contributed by atoms with Gasteiger partial charge < -0.3 is 10.1 Å². The Morgan fingerprint density at radius 1 is 1.33 bits per heavy atom. The molecule has 0 aliphatic heterocycles. The van der Waals surface area contributed by atoms with Gasteiger partial charge in [0.1, 0.15) is 6.04 Å². The second kappa shape index (κ2) is 6.50. The summed E-state index contributed by atoms with van der Waals surface area (Å²) in [4.78, 5) is 11.4. The number of carbonyl (C=O) groups is 1. The number of carbonyl (C=O) groups excluding carboxylic acids is 1. The first-order valence-corrected chi connectivity index (χ1v) is 6.54. The zero-order valence-corrected chi connectivity index (χ0v) is 12.3. The fourth-order valence-corrected chi connectivity index (χ4v) is 1.95. The van der Waals surface area contributed by atoms with Crippen LogP contribution in [0.25, 0.3) is 0 Å². The predicted molar refractivity (Wildman–Crippen MR) is 74.4 cm³/mol. The van der Waals surface area contributed by atoms with Crippen LogP contribution in [0.4, 0.5) is 4.79 Å². The molecule has 6 heteroatoms.